The number of carbonyl (C=O) groups excluding carboxylic acids is 1. The summed E-state index contributed by atoms with van der Waals surface area (Å²) in [5, 5.41) is 13.8. The van der Waals surface area contributed by atoms with E-state index in [1.54, 1.807) is 0 Å². The SMILES string of the molecule is CC.CCNC(CCNC=O)C(=O)O. The molecule has 0 heterocycles. The fourth-order valence-electron chi connectivity index (χ4n) is 0.846. The fraction of sp³-hybridized carbons (Fsp3) is 0.778. The number of carboxylic acid groups (broad SMARTS) is 1. The maximum absolute atomic E-state index is 10.5. The highest BCUT2D eigenvalue weighted by atomic mass is 16.4. The topological polar surface area (TPSA) is 78.4 Å². The van der Waals surface area contributed by atoms with Crippen molar-refractivity contribution in [1.29, 1.82) is 0 Å². The van der Waals surface area contributed by atoms with Gasteiger partial charge in [-0.15, -0.1) is 0 Å². The van der Waals surface area contributed by atoms with Crippen molar-refractivity contribution in [2.24, 2.45) is 0 Å². The maximum atomic E-state index is 10.5. The molecular formula is C9H20N2O3. The van der Waals surface area contributed by atoms with E-state index in [0.29, 0.717) is 25.9 Å². The van der Waals surface area contributed by atoms with E-state index in [2.05, 4.69) is 10.6 Å². The molecule has 0 radical (unpaired) electrons. The second kappa shape index (κ2) is 11.9. The minimum Gasteiger partial charge on any atom is -0.480 e. The minimum absolute atomic E-state index is 0.382. The van der Waals surface area contributed by atoms with Gasteiger partial charge in [0.25, 0.3) is 0 Å². The number of carboxylic acids is 1. The molecule has 0 aliphatic carbocycles. The van der Waals surface area contributed by atoms with Crippen LogP contribution >= 0.6 is 0 Å². The van der Waals surface area contributed by atoms with Gasteiger partial charge in [-0.05, 0) is 13.0 Å². The first-order valence-electron chi connectivity index (χ1n) is 4.85. The zero-order chi connectivity index (χ0) is 11.4. The molecule has 0 aromatic rings. The molecule has 0 aromatic heterocycles. The van der Waals surface area contributed by atoms with E-state index < -0.39 is 12.0 Å². The summed E-state index contributed by atoms with van der Waals surface area (Å²) >= 11 is 0. The quantitative estimate of drug-likeness (QED) is 0.409. The van der Waals surface area contributed by atoms with Crippen LogP contribution in [0.3, 0.4) is 0 Å². The molecule has 0 spiro atoms. The highest BCUT2D eigenvalue weighted by Gasteiger charge is 2.14. The summed E-state index contributed by atoms with van der Waals surface area (Å²) < 4.78 is 0. The molecule has 0 bridgehead atoms. The number of rotatable bonds is 7. The van der Waals surface area contributed by atoms with Crippen LogP contribution in [0, 0.1) is 0 Å². The van der Waals surface area contributed by atoms with E-state index in [1.807, 2.05) is 20.8 Å². The maximum Gasteiger partial charge on any atom is 0.320 e. The van der Waals surface area contributed by atoms with Gasteiger partial charge in [0.05, 0.1) is 0 Å². The Labute approximate surface area is 84.9 Å². The molecule has 5 heteroatoms. The Balaban J connectivity index is 0. The van der Waals surface area contributed by atoms with Crippen molar-refractivity contribution < 1.29 is 14.7 Å². The number of hydrogen-bond acceptors (Lipinski definition) is 3. The van der Waals surface area contributed by atoms with Crippen LogP contribution in [-0.2, 0) is 9.59 Å². The van der Waals surface area contributed by atoms with E-state index in [4.69, 9.17) is 5.11 Å². The number of aliphatic carboxylic acids is 1. The largest absolute Gasteiger partial charge is 0.480 e. The van der Waals surface area contributed by atoms with Gasteiger partial charge in [0.15, 0.2) is 0 Å². The molecule has 0 aliphatic rings. The van der Waals surface area contributed by atoms with Crippen LogP contribution in [0.2, 0.25) is 0 Å². The first-order chi connectivity index (χ1) is 6.72. The minimum atomic E-state index is -0.885. The first-order valence-corrected chi connectivity index (χ1v) is 4.85. The highest BCUT2D eigenvalue weighted by Crippen LogP contribution is 1.89. The lowest BCUT2D eigenvalue weighted by atomic mass is 10.2. The predicted molar refractivity (Wildman–Crippen MR) is 55.1 cm³/mol. The summed E-state index contributed by atoms with van der Waals surface area (Å²) in [6.07, 6.45) is 0.965. The Hall–Kier alpha value is -1.10. The van der Waals surface area contributed by atoms with Gasteiger partial charge in [0.1, 0.15) is 6.04 Å². The number of hydrogen-bond donors (Lipinski definition) is 3. The molecule has 0 fully saturated rings. The van der Waals surface area contributed by atoms with Gasteiger partial charge >= 0.3 is 5.97 Å². The van der Waals surface area contributed by atoms with Crippen LogP contribution in [0.25, 0.3) is 0 Å². The Kier molecular flexibility index (Phi) is 13.1. The molecule has 0 saturated heterocycles. The van der Waals surface area contributed by atoms with E-state index >= 15 is 0 Å². The number of nitrogens with one attached hydrogen (secondary N) is 2. The van der Waals surface area contributed by atoms with Crippen molar-refractivity contribution in [2.45, 2.75) is 33.2 Å². The molecule has 1 atom stereocenters. The fourth-order valence-corrected chi connectivity index (χ4v) is 0.846. The molecule has 0 saturated carbocycles. The van der Waals surface area contributed by atoms with Gasteiger partial charge in [-0.25, -0.2) is 0 Å². The lowest BCUT2D eigenvalue weighted by molar-refractivity contribution is -0.139. The molecule has 0 rings (SSSR count). The molecule has 14 heavy (non-hydrogen) atoms. The van der Waals surface area contributed by atoms with Crippen molar-refractivity contribution in [3.05, 3.63) is 0 Å². The average Bonchev–Trinajstić information content (AvgIpc) is 2.20. The summed E-state index contributed by atoms with van der Waals surface area (Å²) in [5.74, 6) is -0.885. The molecule has 1 unspecified atom stereocenters. The third kappa shape index (κ3) is 8.99. The zero-order valence-corrected chi connectivity index (χ0v) is 9.04. The van der Waals surface area contributed by atoms with Crippen molar-refractivity contribution >= 4 is 12.4 Å². The van der Waals surface area contributed by atoms with Crippen LogP contribution in [0.1, 0.15) is 27.2 Å². The van der Waals surface area contributed by atoms with Crippen LogP contribution in [-0.4, -0.2) is 36.6 Å². The molecule has 84 valence electrons. The normalized spacial score (nSPS) is 10.8. The second-order valence-electron chi connectivity index (χ2n) is 2.31. The van der Waals surface area contributed by atoms with Crippen LogP contribution in [0.4, 0.5) is 0 Å². The summed E-state index contributed by atoms with van der Waals surface area (Å²) in [5.41, 5.74) is 0. The van der Waals surface area contributed by atoms with Crippen molar-refractivity contribution in [3.8, 4) is 0 Å². The third-order valence-electron chi connectivity index (χ3n) is 1.41. The summed E-state index contributed by atoms with van der Waals surface area (Å²) in [7, 11) is 0. The summed E-state index contributed by atoms with van der Waals surface area (Å²) in [6, 6.07) is -0.567. The predicted octanol–water partition coefficient (Wildman–Crippen LogP) is 0.211. The number of carbonyl (C=O) groups is 2. The van der Waals surface area contributed by atoms with Crippen molar-refractivity contribution in [1.82, 2.24) is 10.6 Å². The second-order valence-corrected chi connectivity index (χ2v) is 2.31. The van der Waals surface area contributed by atoms with Crippen molar-refractivity contribution in [2.75, 3.05) is 13.1 Å². The third-order valence-corrected chi connectivity index (χ3v) is 1.41. The molecule has 1 amide bonds. The molecule has 3 N–H and O–H groups in total. The van der Waals surface area contributed by atoms with Crippen LogP contribution in [0.5, 0.6) is 0 Å². The smallest absolute Gasteiger partial charge is 0.320 e. The summed E-state index contributed by atoms with van der Waals surface area (Å²) in [6.45, 7) is 6.83. The zero-order valence-electron chi connectivity index (χ0n) is 9.04. The summed E-state index contributed by atoms with van der Waals surface area (Å²) in [4.78, 5) is 20.3. The van der Waals surface area contributed by atoms with Gasteiger partial charge in [0, 0.05) is 6.54 Å². The number of likely N-dealkylation sites (N-methyl/N-ethyl adjacent to an activating group) is 1. The van der Waals surface area contributed by atoms with Crippen LogP contribution < -0.4 is 10.6 Å². The first kappa shape index (κ1) is 15.4. The van der Waals surface area contributed by atoms with E-state index in [-0.39, 0.29) is 0 Å². The molecular weight excluding hydrogens is 184 g/mol. The molecule has 0 aromatic carbocycles. The highest BCUT2D eigenvalue weighted by molar-refractivity contribution is 5.73. The monoisotopic (exact) mass is 204 g/mol. The average molecular weight is 204 g/mol. The Morgan fingerprint density at radius 1 is 1.50 bits per heavy atom. The lowest BCUT2D eigenvalue weighted by Gasteiger charge is -2.11. The molecule has 5 nitrogen and oxygen atoms in total. The Bertz CT molecular complexity index is 151. The Morgan fingerprint density at radius 3 is 2.43 bits per heavy atom. The Morgan fingerprint density at radius 2 is 2.07 bits per heavy atom. The van der Waals surface area contributed by atoms with Gasteiger partial charge in [0.2, 0.25) is 6.41 Å². The molecule has 0 aliphatic heterocycles. The standard InChI is InChI=1S/C7H14N2O3.C2H6/c1-2-9-6(7(11)12)3-4-8-5-10;1-2/h5-6,9H,2-4H2,1H3,(H,8,10)(H,11,12);1-2H3. The van der Waals surface area contributed by atoms with Gasteiger partial charge < -0.3 is 15.7 Å². The van der Waals surface area contributed by atoms with Crippen molar-refractivity contribution in [3.63, 3.8) is 0 Å². The van der Waals surface area contributed by atoms with Gasteiger partial charge in [-0.2, -0.15) is 0 Å². The van der Waals surface area contributed by atoms with Gasteiger partial charge in [-0.3, -0.25) is 9.59 Å². The number of amides is 1. The lowest BCUT2D eigenvalue weighted by Crippen LogP contribution is -2.38. The van der Waals surface area contributed by atoms with Crippen LogP contribution in [0.15, 0.2) is 0 Å². The van der Waals surface area contributed by atoms with E-state index in [1.165, 1.54) is 0 Å². The van der Waals surface area contributed by atoms with E-state index in [9.17, 15) is 9.59 Å². The van der Waals surface area contributed by atoms with Gasteiger partial charge in [-0.1, -0.05) is 20.8 Å². The van der Waals surface area contributed by atoms with E-state index in [0.717, 1.165) is 0 Å².